The second-order valence-corrected chi connectivity index (χ2v) is 8.24. The molecule has 2 N–H and O–H groups in total. The van der Waals surface area contributed by atoms with E-state index in [1.165, 1.54) is 11.3 Å². The van der Waals surface area contributed by atoms with Gasteiger partial charge in [0.15, 0.2) is 16.7 Å². The molecule has 2 aliphatic rings. The largest absolute Gasteiger partial charge is 0.490 e. The first-order chi connectivity index (χ1) is 14.0. The van der Waals surface area contributed by atoms with Crippen LogP contribution in [0.5, 0.6) is 5.75 Å². The van der Waals surface area contributed by atoms with Crippen LogP contribution < -0.4 is 15.4 Å². The maximum Gasteiger partial charge on any atom is 0.321 e. The number of rotatable bonds is 3. The number of amides is 2. The van der Waals surface area contributed by atoms with Crippen LogP contribution in [0.15, 0.2) is 41.8 Å². The highest BCUT2D eigenvalue weighted by molar-refractivity contribution is 7.14. The fraction of sp³-hybridized carbons (Fsp3) is 0.200. The van der Waals surface area contributed by atoms with Crippen molar-refractivity contribution in [2.45, 2.75) is 12.0 Å². The molecule has 2 aromatic carbocycles. The van der Waals surface area contributed by atoms with E-state index in [0.717, 1.165) is 23.4 Å². The quantitative estimate of drug-likeness (QED) is 0.608. The first kappa shape index (κ1) is 18.3. The Morgan fingerprint density at radius 3 is 2.72 bits per heavy atom. The number of carbonyl (C=O) groups excluding carboxylic acids is 1. The van der Waals surface area contributed by atoms with Gasteiger partial charge in [0.25, 0.3) is 0 Å². The molecule has 0 bridgehead atoms. The van der Waals surface area contributed by atoms with Gasteiger partial charge in [-0.1, -0.05) is 23.7 Å². The minimum Gasteiger partial charge on any atom is -0.490 e. The predicted molar refractivity (Wildman–Crippen MR) is 107 cm³/mol. The van der Waals surface area contributed by atoms with Crippen molar-refractivity contribution in [2.75, 3.05) is 11.9 Å². The average molecular weight is 434 g/mol. The number of aromatic nitrogens is 1. The topological polar surface area (TPSA) is 63.2 Å². The molecule has 1 aliphatic carbocycles. The van der Waals surface area contributed by atoms with E-state index in [1.54, 1.807) is 12.1 Å². The lowest BCUT2D eigenvalue weighted by atomic mass is 10.0. The number of carbonyl (C=O) groups is 1. The van der Waals surface area contributed by atoms with Gasteiger partial charge in [0, 0.05) is 39.4 Å². The summed E-state index contributed by atoms with van der Waals surface area (Å²) < 4.78 is 33.4. The molecule has 0 saturated heterocycles. The van der Waals surface area contributed by atoms with E-state index < -0.39 is 17.7 Å². The average Bonchev–Trinajstić information content (AvgIpc) is 3.19. The van der Waals surface area contributed by atoms with E-state index >= 15 is 0 Å². The van der Waals surface area contributed by atoms with Crippen molar-refractivity contribution in [3.05, 3.63) is 64.0 Å². The van der Waals surface area contributed by atoms with Crippen LogP contribution in [0.2, 0.25) is 5.02 Å². The Kier molecular flexibility index (Phi) is 4.40. The number of thiazole rings is 1. The highest BCUT2D eigenvalue weighted by Crippen LogP contribution is 2.55. The molecule has 0 spiro atoms. The Morgan fingerprint density at radius 1 is 1.17 bits per heavy atom. The van der Waals surface area contributed by atoms with Crippen LogP contribution in [0.25, 0.3) is 11.3 Å². The van der Waals surface area contributed by atoms with Crippen LogP contribution in [0, 0.1) is 17.6 Å². The van der Waals surface area contributed by atoms with Crippen molar-refractivity contribution in [1.82, 2.24) is 10.3 Å². The summed E-state index contributed by atoms with van der Waals surface area (Å²) in [5, 5.41) is 8.42. The van der Waals surface area contributed by atoms with Crippen molar-refractivity contribution in [3.8, 4) is 17.0 Å². The number of urea groups is 1. The summed E-state index contributed by atoms with van der Waals surface area (Å²) in [6, 6.07) is 8.61. The SMILES string of the molecule is O=C(Nc1nc(-c2ccc(Cl)cc2)cs1)NC1[C@H]2COc3c(F)ccc(F)c3[C@@H]12. The fourth-order valence-corrected chi connectivity index (χ4v) is 4.57. The lowest BCUT2D eigenvalue weighted by molar-refractivity contribution is 0.247. The molecule has 5 nitrogen and oxygen atoms in total. The molecular formula is C20H14ClF2N3O2S. The highest BCUT2D eigenvalue weighted by Gasteiger charge is 2.57. The van der Waals surface area contributed by atoms with E-state index in [4.69, 9.17) is 16.3 Å². The normalized spacial score (nSPS) is 21.6. The summed E-state index contributed by atoms with van der Waals surface area (Å²) in [7, 11) is 0. The number of fused-ring (bicyclic) bond motifs is 3. The van der Waals surface area contributed by atoms with Crippen LogP contribution in [0.3, 0.4) is 0 Å². The summed E-state index contributed by atoms with van der Waals surface area (Å²) in [6.45, 7) is 0.237. The number of anilines is 1. The van der Waals surface area contributed by atoms with Gasteiger partial charge >= 0.3 is 6.03 Å². The molecule has 1 saturated carbocycles. The molecular weight excluding hydrogens is 420 g/mol. The zero-order valence-electron chi connectivity index (χ0n) is 14.8. The number of benzene rings is 2. The first-order valence-corrected chi connectivity index (χ1v) is 10.2. The van der Waals surface area contributed by atoms with Gasteiger partial charge in [0.05, 0.1) is 12.3 Å². The molecule has 3 aromatic rings. The van der Waals surface area contributed by atoms with E-state index in [9.17, 15) is 13.6 Å². The van der Waals surface area contributed by atoms with Crippen molar-refractivity contribution >= 4 is 34.1 Å². The van der Waals surface area contributed by atoms with Gasteiger partial charge in [0.2, 0.25) is 0 Å². The Bertz CT molecular complexity index is 1110. The molecule has 148 valence electrons. The van der Waals surface area contributed by atoms with Crippen molar-refractivity contribution < 1.29 is 18.3 Å². The smallest absolute Gasteiger partial charge is 0.321 e. The van der Waals surface area contributed by atoms with Gasteiger partial charge < -0.3 is 10.1 Å². The number of nitrogens with one attached hydrogen (secondary N) is 2. The summed E-state index contributed by atoms with van der Waals surface area (Å²) >= 11 is 7.19. The molecule has 1 fully saturated rings. The van der Waals surface area contributed by atoms with Crippen LogP contribution in [-0.4, -0.2) is 23.7 Å². The third-order valence-electron chi connectivity index (χ3n) is 5.18. The Morgan fingerprint density at radius 2 is 1.93 bits per heavy atom. The molecule has 29 heavy (non-hydrogen) atoms. The molecule has 1 aliphatic heterocycles. The summed E-state index contributed by atoms with van der Waals surface area (Å²) in [5.41, 5.74) is 1.81. The van der Waals surface area contributed by atoms with Crippen LogP contribution in [0.4, 0.5) is 18.7 Å². The lowest BCUT2D eigenvalue weighted by Gasteiger charge is -2.16. The summed E-state index contributed by atoms with van der Waals surface area (Å²) in [4.78, 5) is 16.8. The lowest BCUT2D eigenvalue weighted by Crippen LogP contribution is -2.32. The summed E-state index contributed by atoms with van der Waals surface area (Å²) in [6.07, 6.45) is 0. The fourth-order valence-electron chi connectivity index (χ4n) is 3.73. The van der Waals surface area contributed by atoms with Gasteiger partial charge in [-0.25, -0.2) is 18.6 Å². The van der Waals surface area contributed by atoms with Crippen molar-refractivity contribution in [2.24, 2.45) is 5.92 Å². The number of nitrogens with zero attached hydrogens (tertiary/aromatic N) is 1. The maximum absolute atomic E-state index is 14.2. The minimum atomic E-state index is -0.590. The molecule has 5 rings (SSSR count). The molecule has 2 amide bonds. The zero-order valence-corrected chi connectivity index (χ0v) is 16.4. The minimum absolute atomic E-state index is 0.0523. The van der Waals surface area contributed by atoms with Crippen molar-refractivity contribution in [3.63, 3.8) is 0 Å². The van der Waals surface area contributed by atoms with Crippen LogP contribution in [-0.2, 0) is 0 Å². The van der Waals surface area contributed by atoms with Gasteiger partial charge in [-0.3, -0.25) is 5.32 Å². The third-order valence-corrected chi connectivity index (χ3v) is 6.19. The molecule has 1 unspecified atom stereocenters. The van der Waals surface area contributed by atoms with Gasteiger partial charge in [-0.05, 0) is 24.3 Å². The predicted octanol–water partition coefficient (Wildman–Crippen LogP) is 5.04. The second kappa shape index (κ2) is 6.96. The van der Waals surface area contributed by atoms with E-state index in [0.29, 0.717) is 10.2 Å². The maximum atomic E-state index is 14.2. The van der Waals surface area contributed by atoms with Gasteiger partial charge in [0.1, 0.15) is 5.82 Å². The monoisotopic (exact) mass is 433 g/mol. The standard InChI is InChI=1S/C20H14ClF2N3O2S/c21-10-3-1-9(2-4-10)14-8-29-20(24-14)26-19(27)25-17-11-7-28-18-13(23)6-5-12(22)16(18)15(11)17/h1-6,8,11,15,17H,7H2,(H2,24,25,26,27)/t11-,15-,17?/m0/s1. The van der Waals surface area contributed by atoms with E-state index in [-0.39, 0.29) is 35.8 Å². The third kappa shape index (κ3) is 3.32. The van der Waals surface area contributed by atoms with E-state index in [1.807, 2.05) is 17.5 Å². The number of hydrogen-bond donors (Lipinski definition) is 2. The summed E-state index contributed by atoms with van der Waals surface area (Å²) in [5.74, 6) is -1.53. The van der Waals surface area contributed by atoms with Crippen LogP contribution >= 0.6 is 22.9 Å². The van der Waals surface area contributed by atoms with E-state index in [2.05, 4.69) is 15.6 Å². The Labute approximate surface area is 173 Å². The van der Waals surface area contributed by atoms with Gasteiger partial charge in [-0.2, -0.15) is 0 Å². The first-order valence-electron chi connectivity index (χ1n) is 8.91. The number of ether oxygens (including phenoxy) is 1. The molecule has 0 radical (unpaired) electrons. The molecule has 9 heteroatoms. The Balaban J connectivity index is 1.26. The number of hydrogen-bond acceptors (Lipinski definition) is 4. The zero-order chi connectivity index (χ0) is 20.1. The van der Waals surface area contributed by atoms with Gasteiger partial charge in [-0.15, -0.1) is 11.3 Å². The molecule has 2 heterocycles. The number of halogens is 3. The molecule has 3 atom stereocenters. The van der Waals surface area contributed by atoms with Crippen LogP contribution in [0.1, 0.15) is 11.5 Å². The second-order valence-electron chi connectivity index (χ2n) is 6.94. The highest BCUT2D eigenvalue weighted by atomic mass is 35.5. The Hall–Kier alpha value is -2.71. The van der Waals surface area contributed by atoms with Crippen molar-refractivity contribution in [1.29, 1.82) is 0 Å². The molecule has 1 aromatic heterocycles.